The van der Waals surface area contributed by atoms with Crippen LogP contribution >= 0.6 is 0 Å². The average molecular weight is 523 g/mol. The van der Waals surface area contributed by atoms with Gasteiger partial charge in [0.1, 0.15) is 5.78 Å². The molecule has 9 heteroatoms. The lowest BCUT2D eigenvalue weighted by atomic mass is 9.84. The van der Waals surface area contributed by atoms with E-state index in [1.807, 2.05) is 41.5 Å². The van der Waals surface area contributed by atoms with Gasteiger partial charge < -0.3 is 26.6 Å². The number of hydrogen-bond donors (Lipinski definition) is 0. The van der Waals surface area contributed by atoms with Gasteiger partial charge in [0.25, 0.3) is 0 Å². The van der Waals surface area contributed by atoms with Crippen LogP contribution in [0.5, 0.6) is 0 Å². The summed E-state index contributed by atoms with van der Waals surface area (Å²) in [6.07, 6.45) is 5.17. The molecule has 0 fully saturated rings. The van der Waals surface area contributed by atoms with Crippen LogP contribution in [0.25, 0.3) is 0 Å². The molecule has 0 saturated carbocycles. The van der Waals surface area contributed by atoms with E-state index in [0.29, 0.717) is 45.4 Å². The molecule has 7 nitrogen and oxygen atoms in total. The fraction of sp³-hybridized carbons (Fsp3) is 0.960. The summed E-state index contributed by atoms with van der Waals surface area (Å²) in [6.45, 7) is 19.6. The van der Waals surface area contributed by atoms with E-state index < -0.39 is 17.6 Å². The first-order valence-electron chi connectivity index (χ1n) is 13.7. The summed E-state index contributed by atoms with van der Waals surface area (Å²) in [4.78, 5) is 13.4. The molecule has 0 spiro atoms. The van der Waals surface area contributed by atoms with Gasteiger partial charge in [0.2, 0.25) is 0 Å². The largest absolute Gasteiger partial charge is 0.500 e. The first-order valence-corrected chi connectivity index (χ1v) is 17.6. The molecule has 2 unspecified atom stereocenters. The van der Waals surface area contributed by atoms with Crippen LogP contribution in [0.1, 0.15) is 93.9 Å². The topological polar surface area (TPSA) is 72.5 Å². The van der Waals surface area contributed by atoms with Crippen LogP contribution in [0.15, 0.2) is 0 Å². The van der Waals surface area contributed by atoms with Crippen molar-refractivity contribution >= 4 is 23.4 Å². The third-order valence-corrected chi connectivity index (χ3v) is 12.3. The Labute approximate surface area is 212 Å². The van der Waals surface area contributed by atoms with Gasteiger partial charge in [0.05, 0.1) is 0 Å². The molecule has 0 aliphatic heterocycles. The maximum atomic E-state index is 13.4. The van der Waals surface area contributed by atoms with Crippen molar-refractivity contribution in [2.45, 2.75) is 106 Å². The molecule has 0 amide bonds. The number of carbonyl (C=O) groups excluding carboxylic acids is 1. The van der Waals surface area contributed by atoms with Crippen LogP contribution in [-0.4, -0.2) is 63.0 Å². The van der Waals surface area contributed by atoms with Gasteiger partial charge in [-0.05, 0) is 80.1 Å². The lowest BCUT2D eigenvalue weighted by Crippen LogP contribution is -2.46. The Morgan fingerprint density at radius 3 is 1.00 bits per heavy atom. The monoisotopic (exact) mass is 522 g/mol. The summed E-state index contributed by atoms with van der Waals surface area (Å²) < 4.78 is 35.9. The molecule has 0 aliphatic carbocycles. The quantitative estimate of drug-likeness (QED) is 0.138. The molecular formula is C25H54O7Si2. The summed E-state index contributed by atoms with van der Waals surface area (Å²) in [5.41, 5.74) is 0. The van der Waals surface area contributed by atoms with E-state index in [4.69, 9.17) is 26.6 Å². The predicted molar refractivity (Wildman–Crippen MR) is 142 cm³/mol. The SMILES string of the molecule is CCO[Si](CCCC(CC)C(=O)C(CC)CCC[Si](OCC)(OCC)OCC)(OCC)OCC. The second-order valence-electron chi connectivity index (χ2n) is 8.36. The Bertz CT molecular complexity index is 432. The van der Waals surface area contributed by atoms with Gasteiger partial charge in [0.15, 0.2) is 0 Å². The smallest absolute Gasteiger partial charge is 0.374 e. The Hall–Kier alpha value is -0.136. The van der Waals surface area contributed by atoms with Crippen LogP contribution < -0.4 is 0 Å². The molecule has 0 aromatic rings. The molecule has 0 saturated heterocycles. The molecule has 0 aromatic carbocycles. The van der Waals surface area contributed by atoms with Crippen LogP contribution in [0.4, 0.5) is 0 Å². The highest BCUT2D eigenvalue weighted by molar-refractivity contribution is 6.61. The zero-order valence-electron chi connectivity index (χ0n) is 23.4. The third-order valence-electron chi connectivity index (χ3n) is 6.05. The Balaban J connectivity index is 5.01. The van der Waals surface area contributed by atoms with Crippen molar-refractivity contribution in [1.29, 1.82) is 0 Å². The van der Waals surface area contributed by atoms with E-state index in [0.717, 1.165) is 50.6 Å². The fourth-order valence-corrected chi connectivity index (χ4v) is 9.84. The van der Waals surface area contributed by atoms with E-state index in [1.165, 1.54) is 0 Å². The third kappa shape index (κ3) is 12.2. The zero-order valence-corrected chi connectivity index (χ0v) is 25.4. The highest BCUT2D eigenvalue weighted by atomic mass is 28.4. The molecule has 0 aliphatic rings. The van der Waals surface area contributed by atoms with Crippen molar-refractivity contribution in [2.24, 2.45) is 11.8 Å². The highest BCUT2D eigenvalue weighted by Gasteiger charge is 2.41. The Morgan fingerprint density at radius 2 is 0.794 bits per heavy atom. The van der Waals surface area contributed by atoms with Gasteiger partial charge in [-0.3, -0.25) is 4.79 Å². The number of rotatable bonds is 24. The lowest BCUT2D eigenvalue weighted by Gasteiger charge is -2.30. The van der Waals surface area contributed by atoms with Gasteiger partial charge in [-0.2, -0.15) is 0 Å². The van der Waals surface area contributed by atoms with Crippen LogP contribution in [0.3, 0.4) is 0 Å². The normalized spacial score (nSPS) is 14.4. The van der Waals surface area contributed by atoms with Crippen LogP contribution in [0.2, 0.25) is 12.1 Å². The number of hydrogen-bond acceptors (Lipinski definition) is 7. The summed E-state index contributed by atoms with van der Waals surface area (Å²) in [6, 6.07) is 1.52. The van der Waals surface area contributed by atoms with Gasteiger partial charge in [-0.15, -0.1) is 0 Å². The molecule has 0 aromatic heterocycles. The van der Waals surface area contributed by atoms with Crippen LogP contribution in [-0.2, 0) is 31.4 Å². The molecule has 0 rings (SSSR count). The first-order chi connectivity index (χ1) is 16.4. The van der Waals surface area contributed by atoms with Crippen molar-refractivity contribution in [2.75, 3.05) is 39.6 Å². The van der Waals surface area contributed by atoms with Gasteiger partial charge in [-0.1, -0.05) is 13.8 Å². The fourth-order valence-electron chi connectivity index (χ4n) is 4.56. The van der Waals surface area contributed by atoms with Crippen molar-refractivity contribution in [3.05, 3.63) is 0 Å². The van der Waals surface area contributed by atoms with Gasteiger partial charge in [-0.25, -0.2) is 0 Å². The van der Waals surface area contributed by atoms with E-state index in [2.05, 4.69) is 13.8 Å². The summed E-state index contributed by atoms with van der Waals surface area (Å²) in [5.74, 6) is 0.515. The van der Waals surface area contributed by atoms with E-state index in [1.54, 1.807) is 0 Å². The van der Waals surface area contributed by atoms with Gasteiger partial charge in [0, 0.05) is 63.6 Å². The van der Waals surface area contributed by atoms with Crippen molar-refractivity contribution in [3.63, 3.8) is 0 Å². The minimum Gasteiger partial charge on any atom is -0.374 e. The van der Waals surface area contributed by atoms with E-state index in [-0.39, 0.29) is 11.8 Å². The number of ketones is 1. The lowest BCUT2D eigenvalue weighted by molar-refractivity contribution is -0.127. The maximum absolute atomic E-state index is 13.4. The van der Waals surface area contributed by atoms with Crippen molar-refractivity contribution in [3.8, 4) is 0 Å². The van der Waals surface area contributed by atoms with E-state index in [9.17, 15) is 4.79 Å². The molecule has 0 radical (unpaired) electrons. The molecule has 0 heterocycles. The maximum Gasteiger partial charge on any atom is 0.500 e. The molecule has 34 heavy (non-hydrogen) atoms. The average Bonchev–Trinajstić information content (AvgIpc) is 2.80. The van der Waals surface area contributed by atoms with Crippen LogP contribution in [0, 0.1) is 11.8 Å². The molecular weight excluding hydrogens is 468 g/mol. The number of Topliss-reactive ketones (excluding diaryl/α,β-unsaturated/α-hetero) is 1. The predicted octanol–water partition coefficient (Wildman–Crippen LogP) is 6.27. The first kappa shape index (κ1) is 33.9. The zero-order chi connectivity index (χ0) is 25.9. The summed E-state index contributed by atoms with van der Waals surface area (Å²) in [7, 11) is -5.32. The van der Waals surface area contributed by atoms with Gasteiger partial charge >= 0.3 is 17.6 Å². The summed E-state index contributed by atoms with van der Waals surface area (Å²) >= 11 is 0. The minimum absolute atomic E-state index is 0.0641. The minimum atomic E-state index is -2.66. The van der Waals surface area contributed by atoms with Crippen molar-refractivity contribution in [1.82, 2.24) is 0 Å². The molecule has 0 bridgehead atoms. The Kier molecular flexibility index (Phi) is 19.9. The van der Waals surface area contributed by atoms with Crippen molar-refractivity contribution < 1.29 is 31.4 Å². The standard InChI is InChI=1S/C25H54O7Si2/c1-9-23(19-17-21-33(27-11-3,28-12-4)29-13-5)25(26)24(10-2)20-18-22-34(30-14-6,31-15-7)32-16-8/h23-24H,9-22H2,1-8H3. The molecule has 0 N–H and O–H groups in total. The molecule has 2 atom stereocenters. The van der Waals surface area contributed by atoms with E-state index >= 15 is 0 Å². The number of carbonyl (C=O) groups is 1. The molecule has 204 valence electrons. The second-order valence-corrected chi connectivity index (χ2v) is 13.8. The summed E-state index contributed by atoms with van der Waals surface area (Å²) in [5, 5.41) is 0. The second kappa shape index (κ2) is 20.0. The highest BCUT2D eigenvalue weighted by Crippen LogP contribution is 2.28. The Morgan fingerprint density at radius 1 is 0.529 bits per heavy atom.